The van der Waals surface area contributed by atoms with Crippen molar-refractivity contribution in [1.82, 2.24) is 4.90 Å². The van der Waals surface area contributed by atoms with E-state index in [4.69, 9.17) is 10.2 Å². The summed E-state index contributed by atoms with van der Waals surface area (Å²) in [4.78, 5) is 22.6. The van der Waals surface area contributed by atoms with Crippen LogP contribution in [-0.2, 0) is 10.0 Å². The predicted molar refractivity (Wildman–Crippen MR) is 83.1 cm³/mol. The van der Waals surface area contributed by atoms with Gasteiger partial charge < -0.3 is 15.3 Å². The number of primary sulfonamides is 1. The third kappa shape index (κ3) is 5.16. The first kappa shape index (κ1) is 18.8. The number of nitrogens with zero attached hydrogens (tertiary/aromatic N) is 2. The van der Waals surface area contributed by atoms with Crippen LogP contribution in [0.25, 0.3) is 0 Å². The molecule has 0 heterocycles. The topological polar surface area (TPSA) is 156 Å². The van der Waals surface area contributed by atoms with Crippen LogP contribution in [0.1, 0.15) is 16.8 Å². The number of carboxylic acid groups (broad SMARTS) is 1. The fourth-order valence-corrected chi connectivity index (χ4v) is 2.63. The largest absolute Gasteiger partial charge is 0.478 e. The molecule has 0 aromatic heterocycles. The third-order valence-corrected chi connectivity index (χ3v) is 3.85. The number of nitrogens with one attached hydrogen (secondary N) is 1. The van der Waals surface area contributed by atoms with Crippen molar-refractivity contribution < 1.29 is 23.2 Å². The van der Waals surface area contributed by atoms with Crippen LogP contribution in [0, 0.1) is 10.1 Å². The van der Waals surface area contributed by atoms with Crippen LogP contribution in [0.4, 0.5) is 11.4 Å². The highest BCUT2D eigenvalue weighted by Gasteiger charge is 2.27. The molecule has 128 valence electrons. The predicted octanol–water partition coefficient (Wildman–Crippen LogP) is 0.304. The van der Waals surface area contributed by atoms with E-state index in [0.29, 0.717) is 13.0 Å². The average molecular weight is 346 g/mol. The molecular weight excluding hydrogens is 328 g/mol. The van der Waals surface area contributed by atoms with Gasteiger partial charge in [-0.3, -0.25) is 10.1 Å². The molecule has 11 heteroatoms. The fraction of sp³-hybridized carbons (Fsp3) is 0.417. The quantitative estimate of drug-likeness (QED) is 0.345. The molecule has 0 fully saturated rings. The zero-order valence-electron chi connectivity index (χ0n) is 12.6. The molecule has 0 unspecified atom stereocenters. The fourth-order valence-electron chi connectivity index (χ4n) is 1.88. The Bertz CT molecular complexity index is 717. The van der Waals surface area contributed by atoms with E-state index in [-0.39, 0.29) is 12.2 Å². The number of rotatable bonds is 8. The first-order valence-corrected chi connectivity index (χ1v) is 8.05. The van der Waals surface area contributed by atoms with Crippen LogP contribution >= 0.6 is 0 Å². The van der Waals surface area contributed by atoms with Gasteiger partial charge in [0.15, 0.2) is 0 Å². The Kier molecular flexibility index (Phi) is 6.01. The Morgan fingerprint density at radius 3 is 2.48 bits per heavy atom. The van der Waals surface area contributed by atoms with Crippen molar-refractivity contribution in [3.05, 3.63) is 27.8 Å². The monoisotopic (exact) mass is 346 g/mol. The number of carbonyl (C=O) groups is 1. The van der Waals surface area contributed by atoms with Crippen molar-refractivity contribution in [2.75, 3.05) is 32.5 Å². The van der Waals surface area contributed by atoms with Crippen molar-refractivity contribution >= 4 is 27.4 Å². The van der Waals surface area contributed by atoms with Crippen molar-refractivity contribution in [2.24, 2.45) is 5.14 Å². The normalized spacial score (nSPS) is 11.5. The molecule has 10 nitrogen and oxygen atoms in total. The second-order valence-electron chi connectivity index (χ2n) is 5.06. The lowest BCUT2D eigenvalue weighted by molar-refractivity contribution is -0.384. The Morgan fingerprint density at radius 1 is 1.43 bits per heavy atom. The molecule has 0 radical (unpaired) electrons. The van der Waals surface area contributed by atoms with E-state index in [0.717, 1.165) is 12.1 Å². The summed E-state index contributed by atoms with van der Waals surface area (Å²) in [6.07, 6.45) is 0.592. The van der Waals surface area contributed by atoms with Gasteiger partial charge in [-0.25, -0.2) is 18.4 Å². The summed E-state index contributed by atoms with van der Waals surface area (Å²) < 4.78 is 23.3. The maximum absolute atomic E-state index is 11.7. The lowest BCUT2D eigenvalue weighted by atomic mass is 10.1. The molecule has 0 aliphatic carbocycles. The first-order chi connectivity index (χ1) is 10.5. The molecule has 23 heavy (non-hydrogen) atoms. The number of hydrogen-bond acceptors (Lipinski definition) is 7. The van der Waals surface area contributed by atoms with Crippen LogP contribution in [0.2, 0.25) is 0 Å². The summed E-state index contributed by atoms with van der Waals surface area (Å²) in [6.45, 7) is 0.937. The molecular formula is C12H18N4O6S. The van der Waals surface area contributed by atoms with Gasteiger partial charge in [-0.05, 0) is 33.1 Å². The molecule has 0 saturated heterocycles. The van der Waals surface area contributed by atoms with Gasteiger partial charge in [0.05, 0.1) is 10.5 Å². The molecule has 1 aromatic rings. The Hall–Kier alpha value is -2.24. The first-order valence-electron chi connectivity index (χ1n) is 6.51. The van der Waals surface area contributed by atoms with E-state index in [1.54, 1.807) is 0 Å². The third-order valence-electron chi connectivity index (χ3n) is 2.92. The van der Waals surface area contributed by atoms with Crippen LogP contribution in [0.3, 0.4) is 0 Å². The zero-order valence-corrected chi connectivity index (χ0v) is 13.5. The highest BCUT2D eigenvalue weighted by molar-refractivity contribution is 7.89. The summed E-state index contributed by atoms with van der Waals surface area (Å²) in [5, 5.41) is 27.8. The molecule has 0 bridgehead atoms. The van der Waals surface area contributed by atoms with Crippen molar-refractivity contribution in [3.63, 3.8) is 0 Å². The van der Waals surface area contributed by atoms with Gasteiger partial charge in [0.2, 0.25) is 10.0 Å². The summed E-state index contributed by atoms with van der Waals surface area (Å²) in [5.74, 6) is -1.49. The highest BCUT2D eigenvalue weighted by Crippen LogP contribution is 2.32. The Balaban J connectivity index is 3.33. The smallest absolute Gasteiger partial charge is 0.335 e. The summed E-state index contributed by atoms with van der Waals surface area (Å²) in [5.41, 5.74) is -1.49. The van der Waals surface area contributed by atoms with Gasteiger partial charge in [0, 0.05) is 12.6 Å². The number of anilines is 1. The van der Waals surface area contributed by atoms with E-state index >= 15 is 0 Å². The van der Waals surface area contributed by atoms with Crippen molar-refractivity contribution in [3.8, 4) is 0 Å². The standard InChI is InChI=1S/C12H18N4O6S/c1-15(2)5-3-4-14-11-9(16(19)20)6-8(12(17)18)7-10(11)23(13,21)22/h6-7,14H,3-5H2,1-2H3,(H,17,18)(H2,13,21,22). The number of nitro benzene ring substituents is 1. The second kappa shape index (κ2) is 7.35. The van der Waals surface area contributed by atoms with Gasteiger partial charge in [0.25, 0.3) is 5.69 Å². The number of benzene rings is 1. The van der Waals surface area contributed by atoms with Gasteiger partial charge in [-0.1, -0.05) is 0 Å². The molecule has 0 spiro atoms. The average Bonchev–Trinajstić information content (AvgIpc) is 2.41. The minimum atomic E-state index is -4.34. The maximum Gasteiger partial charge on any atom is 0.335 e. The molecule has 0 amide bonds. The molecule has 1 rings (SSSR count). The Labute approximate surface area is 133 Å². The van der Waals surface area contributed by atoms with Gasteiger partial charge in [-0.15, -0.1) is 0 Å². The van der Waals surface area contributed by atoms with E-state index in [1.165, 1.54) is 0 Å². The zero-order chi connectivity index (χ0) is 17.8. The van der Waals surface area contributed by atoms with Crippen molar-refractivity contribution in [1.29, 1.82) is 0 Å². The molecule has 0 saturated carbocycles. The minimum absolute atomic E-state index is 0.258. The lowest BCUT2D eigenvalue weighted by Gasteiger charge is -2.13. The van der Waals surface area contributed by atoms with Gasteiger partial charge in [0.1, 0.15) is 10.6 Å². The maximum atomic E-state index is 11.7. The molecule has 1 aromatic carbocycles. The van der Waals surface area contributed by atoms with E-state index < -0.39 is 37.1 Å². The number of nitrogens with two attached hydrogens (primary N) is 1. The van der Waals surface area contributed by atoms with Crippen molar-refractivity contribution in [2.45, 2.75) is 11.3 Å². The van der Waals surface area contributed by atoms with Gasteiger partial charge >= 0.3 is 5.97 Å². The SMILES string of the molecule is CN(C)CCCNc1c([N+](=O)[O-])cc(C(=O)O)cc1S(N)(=O)=O. The number of aromatic carboxylic acids is 1. The van der Waals surface area contributed by atoms with E-state index in [2.05, 4.69) is 5.32 Å². The number of carboxylic acids is 1. The number of nitro groups is 1. The second-order valence-corrected chi connectivity index (χ2v) is 6.59. The van der Waals surface area contributed by atoms with Gasteiger partial charge in [-0.2, -0.15) is 0 Å². The van der Waals surface area contributed by atoms with E-state index in [9.17, 15) is 23.3 Å². The molecule has 0 aliphatic heterocycles. The van der Waals surface area contributed by atoms with Crippen LogP contribution < -0.4 is 10.5 Å². The molecule has 0 atom stereocenters. The number of sulfonamides is 1. The van der Waals surface area contributed by atoms with E-state index in [1.807, 2.05) is 19.0 Å². The van der Waals surface area contributed by atoms with Crippen LogP contribution in [0.5, 0.6) is 0 Å². The summed E-state index contributed by atoms with van der Waals surface area (Å²) in [6, 6.07) is 1.60. The summed E-state index contributed by atoms with van der Waals surface area (Å²) in [7, 11) is -0.645. The van der Waals surface area contributed by atoms with Crippen LogP contribution in [0.15, 0.2) is 17.0 Å². The molecule has 0 aliphatic rings. The molecule has 4 N–H and O–H groups in total. The number of hydrogen-bond donors (Lipinski definition) is 3. The minimum Gasteiger partial charge on any atom is -0.478 e. The van der Waals surface area contributed by atoms with Crippen LogP contribution in [-0.4, -0.2) is 56.5 Å². The summed E-state index contributed by atoms with van der Waals surface area (Å²) >= 11 is 0. The highest BCUT2D eigenvalue weighted by atomic mass is 32.2. The lowest BCUT2D eigenvalue weighted by Crippen LogP contribution is -2.20. The Morgan fingerprint density at radius 2 is 2.04 bits per heavy atom.